The smallest absolute Gasteiger partial charge is 0.191 e. The molecule has 27 heavy (non-hydrogen) atoms. The van der Waals surface area contributed by atoms with Crippen LogP contribution in [0.3, 0.4) is 0 Å². The molecule has 1 atom stereocenters. The lowest BCUT2D eigenvalue weighted by atomic mass is 10.2. The zero-order valence-electron chi connectivity index (χ0n) is 15.6. The van der Waals surface area contributed by atoms with Gasteiger partial charge in [-0.15, -0.1) is 24.0 Å². The van der Waals surface area contributed by atoms with E-state index in [4.69, 9.17) is 4.74 Å². The molecule has 0 saturated heterocycles. The Hall–Kier alpha value is -1.61. The summed E-state index contributed by atoms with van der Waals surface area (Å²) in [5, 5.41) is 6.44. The van der Waals surface area contributed by atoms with E-state index in [1.807, 2.05) is 60.7 Å². The Balaban J connectivity index is 0.00000364. The first kappa shape index (κ1) is 23.4. The van der Waals surface area contributed by atoms with E-state index in [-0.39, 0.29) is 24.0 Å². The Morgan fingerprint density at radius 3 is 2.30 bits per heavy atom. The first-order valence-electron chi connectivity index (χ1n) is 8.79. The van der Waals surface area contributed by atoms with Gasteiger partial charge in [-0.2, -0.15) is 0 Å². The van der Waals surface area contributed by atoms with Gasteiger partial charge in [-0.25, -0.2) is 0 Å². The van der Waals surface area contributed by atoms with Crippen molar-refractivity contribution in [3.63, 3.8) is 0 Å². The van der Waals surface area contributed by atoms with Crippen molar-refractivity contribution in [3.05, 3.63) is 66.2 Å². The van der Waals surface area contributed by atoms with E-state index in [0.29, 0.717) is 24.7 Å². The molecule has 0 aliphatic carbocycles. The van der Waals surface area contributed by atoms with Gasteiger partial charge in [-0.05, 0) is 24.1 Å². The maximum atomic E-state index is 12.1. The normalized spacial score (nSPS) is 12.0. The Morgan fingerprint density at radius 2 is 1.63 bits per heavy atom. The van der Waals surface area contributed by atoms with Gasteiger partial charge in [0.25, 0.3) is 0 Å². The number of hydrogen-bond donors (Lipinski definition) is 2. The fraction of sp³-hybridized carbons (Fsp3) is 0.350. The molecule has 0 aliphatic heterocycles. The van der Waals surface area contributed by atoms with Gasteiger partial charge in [0.05, 0.1) is 6.61 Å². The van der Waals surface area contributed by atoms with Gasteiger partial charge in [-0.1, -0.05) is 48.5 Å². The van der Waals surface area contributed by atoms with Crippen LogP contribution in [0.25, 0.3) is 0 Å². The molecule has 2 aromatic rings. The molecule has 148 valence electrons. The number of guanidine groups is 1. The highest BCUT2D eigenvalue weighted by Gasteiger charge is 2.03. The summed E-state index contributed by atoms with van der Waals surface area (Å²) in [5.74, 6) is 2.79. The van der Waals surface area contributed by atoms with Crippen LogP contribution < -0.4 is 15.4 Å². The SMILES string of the molecule is CN=C(NCCCOc1ccccc1)NCCS(=O)Cc1ccccc1.I. The number of hydrogen-bond acceptors (Lipinski definition) is 3. The molecule has 7 heteroatoms. The number of ether oxygens (including phenoxy) is 1. The standard InChI is InChI=1S/C20H27N3O2S.HI/c1-21-20(22-13-8-15-25-19-11-6-3-7-12-19)23-14-16-26(24)17-18-9-4-2-5-10-18;/h2-7,9-12H,8,13-17H2,1H3,(H2,21,22,23);1H. The number of para-hydroxylation sites is 1. The van der Waals surface area contributed by atoms with Crippen LogP contribution in [-0.4, -0.2) is 42.7 Å². The summed E-state index contributed by atoms with van der Waals surface area (Å²) in [4.78, 5) is 4.18. The van der Waals surface area contributed by atoms with Gasteiger partial charge >= 0.3 is 0 Å². The highest BCUT2D eigenvalue weighted by Crippen LogP contribution is 2.08. The fourth-order valence-corrected chi connectivity index (χ4v) is 3.36. The van der Waals surface area contributed by atoms with Crippen molar-refractivity contribution in [3.8, 4) is 5.75 Å². The second-order valence-electron chi connectivity index (χ2n) is 5.71. The van der Waals surface area contributed by atoms with Crippen LogP contribution >= 0.6 is 24.0 Å². The Morgan fingerprint density at radius 1 is 1.00 bits per heavy atom. The quantitative estimate of drug-likeness (QED) is 0.227. The largest absolute Gasteiger partial charge is 0.494 e. The zero-order chi connectivity index (χ0) is 18.5. The molecule has 0 radical (unpaired) electrons. The monoisotopic (exact) mass is 501 g/mol. The maximum absolute atomic E-state index is 12.1. The third kappa shape index (κ3) is 10.3. The maximum Gasteiger partial charge on any atom is 0.191 e. The molecule has 1 unspecified atom stereocenters. The number of rotatable bonds is 10. The molecule has 0 aliphatic rings. The number of halogens is 1. The minimum atomic E-state index is -0.885. The third-order valence-electron chi connectivity index (χ3n) is 3.64. The Bertz CT molecular complexity index is 684. The van der Waals surface area contributed by atoms with E-state index in [0.717, 1.165) is 30.2 Å². The molecule has 0 saturated carbocycles. The molecule has 0 amide bonds. The fourth-order valence-electron chi connectivity index (χ4n) is 2.32. The van der Waals surface area contributed by atoms with Crippen LogP contribution in [0, 0.1) is 0 Å². The van der Waals surface area contributed by atoms with Crippen LogP contribution in [0.15, 0.2) is 65.7 Å². The molecule has 0 spiro atoms. The van der Waals surface area contributed by atoms with Crippen molar-refractivity contribution in [2.45, 2.75) is 12.2 Å². The second kappa shape index (κ2) is 14.4. The molecule has 0 aromatic heterocycles. The van der Waals surface area contributed by atoms with Crippen LogP contribution in [-0.2, 0) is 16.6 Å². The molecule has 5 nitrogen and oxygen atoms in total. The molecule has 2 N–H and O–H groups in total. The van der Waals surface area contributed by atoms with E-state index < -0.39 is 10.8 Å². The molecular weight excluding hydrogens is 473 g/mol. The third-order valence-corrected chi connectivity index (χ3v) is 4.96. The van der Waals surface area contributed by atoms with Crippen molar-refractivity contribution in [2.75, 3.05) is 32.5 Å². The Labute approximate surface area is 181 Å². The van der Waals surface area contributed by atoms with Gasteiger partial charge in [-0.3, -0.25) is 9.20 Å². The lowest BCUT2D eigenvalue weighted by Gasteiger charge is -2.12. The number of nitrogens with zero attached hydrogens (tertiary/aromatic N) is 1. The number of aliphatic imine (C=N–C) groups is 1. The first-order valence-corrected chi connectivity index (χ1v) is 10.3. The Kier molecular flexibility index (Phi) is 12.5. The minimum absolute atomic E-state index is 0. The van der Waals surface area contributed by atoms with Crippen LogP contribution in [0.5, 0.6) is 5.75 Å². The molecule has 2 rings (SSSR count). The summed E-state index contributed by atoms with van der Waals surface area (Å²) in [6, 6.07) is 19.7. The summed E-state index contributed by atoms with van der Waals surface area (Å²) < 4.78 is 17.8. The predicted octanol–water partition coefficient (Wildman–Crippen LogP) is 3.19. The molecule has 0 bridgehead atoms. The summed E-state index contributed by atoms with van der Waals surface area (Å²) in [5.41, 5.74) is 1.10. The summed E-state index contributed by atoms with van der Waals surface area (Å²) in [6.45, 7) is 2.04. The van der Waals surface area contributed by atoms with E-state index in [2.05, 4.69) is 15.6 Å². The van der Waals surface area contributed by atoms with Gasteiger partial charge in [0.1, 0.15) is 5.75 Å². The lowest BCUT2D eigenvalue weighted by molar-refractivity contribution is 0.311. The average molecular weight is 501 g/mol. The molecule has 0 fully saturated rings. The van der Waals surface area contributed by atoms with Crippen LogP contribution in [0.2, 0.25) is 0 Å². The highest BCUT2D eigenvalue weighted by molar-refractivity contribution is 14.0. The summed E-state index contributed by atoms with van der Waals surface area (Å²) in [7, 11) is 0.848. The first-order chi connectivity index (χ1) is 12.8. The predicted molar refractivity (Wildman–Crippen MR) is 124 cm³/mol. The van der Waals surface area contributed by atoms with Gasteiger partial charge in [0.15, 0.2) is 5.96 Å². The van der Waals surface area contributed by atoms with Crippen molar-refractivity contribution in [2.24, 2.45) is 4.99 Å². The molecule has 2 aromatic carbocycles. The van der Waals surface area contributed by atoms with E-state index >= 15 is 0 Å². The zero-order valence-corrected chi connectivity index (χ0v) is 18.7. The van der Waals surface area contributed by atoms with Crippen molar-refractivity contribution in [1.82, 2.24) is 10.6 Å². The van der Waals surface area contributed by atoms with Crippen molar-refractivity contribution < 1.29 is 8.95 Å². The lowest BCUT2D eigenvalue weighted by Crippen LogP contribution is -2.39. The highest BCUT2D eigenvalue weighted by atomic mass is 127. The average Bonchev–Trinajstić information content (AvgIpc) is 2.68. The number of nitrogens with one attached hydrogen (secondary N) is 2. The summed E-state index contributed by atoms with van der Waals surface area (Å²) >= 11 is 0. The van der Waals surface area contributed by atoms with Crippen molar-refractivity contribution in [1.29, 1.82) is 0 Å². The van der Waals surface area contributed by atoms with Crippen LogP contribution in [0.1, 0.15) is 12.0 Å². The van der Waals surface area contributed by atoms with Gasteiger partial charge in [0, 0.05) is 42.4 Å². The van der Waals surface area contributed by atoms with Crippen LogP contribution in [0.4, 0.5) is 0 Å². The molecule has 0 heterocycles. The topological polar surface area (TPSA) is 62.7 Å². The van der Waals surface area contributed by atoms with Crippen molar-refractivity contribution >= 4 is 40.7 Å². The van der Waals surface area contributed by atoms with E-state index in [9.17, 15) is 4.21 Å². The van der Waals surface area contributed by atoms with Gasteiger partial charge in [0.2, 0.25) is 0 Å². The molecular formula is C20H28IN3O2S. The second-order valence-corrected chi connectivity index (χ2v) is 7.29. The summed E-state index contributed by atoms with van der Waals surface area (Å²) in [6.07, 6.45) is 0.871. The number of benzene rings is 2. The van der Waals surface area contributed by atoms with E-state index in [1.165, 1.54) is 0 Å². The minimum Gasteiger partial charge on any atom is -0.494 e. The van der Waals surface area contributed by atoms with Gasteiger partial charge < -0.3 is 15.4 Å². The van der Waals surface area contributed by atoms with E-state index in [1.54, 1.807) is 7.05 Å².